The molecule has 3 aliphatic rings. The SMILES string of the molecule is O=C(c1ccccn1)N1CCc2c(ncnc2N2CCN(C3CCC3)CC2)C1. The van der Waals surface area contributed by atoms with Gasteiger partial charge in [-0.15, -0.1) is 0 Å². The molecule has 5 rings (SSSR count). The zero-order chi connectivity index (χ0) is 18.9. The van der Waals surface area contributed by atoms with Gasteiger partial charge in [0.25, 0.3) is 5.91 Å². The molecule has 1 aliphatic carbocycles. The molecule has 0 spiro atoms. The molecule has 0 atom stereocenters. The van der Waals surface area contributed by atoms with Gasteiger partial charge in [0.15, 0.2) is 0 Å². The number of pyridine rings is 1. The van der Waals surface area contributed by atoms with Gasteiger partial charge in [-0.25, -0.2) is 9.97 Å². The van der Waals surface area contributed by atoms with Gasteiger partial charge in [-0.3, -0.25) is 14.7 Å². The largest absolute Gasteiger partial charge is 0.354 e. The van der Waals surface area contributed by atoms with Gasteiger partial charge in [0.2, 0.25) is 0 Å². The van der Waals surface area contributed by atoms with E-state index >= 15 is 0 Å². The highest BCUT2D eigenvalue weighted by atomic mass is 16.2. The lowest BCUT2D eigenvalue weighted by Crippen LogP contribution is -2.52. The highest BCUT2D eigenvalue weighted by molar-refractivity contribution is 5.92. The van der Waals surface area contributed by atoms with Crippen molar-refractivity contribution in [3.63, 3.8) is 0 Å². The molecule has 2 aromatic rings. The quantitative estimate of drug-likeness (QED) is 0.811. The molecule has 28 heavy (non-hydrogen) atoms. The molecule has 146 valence electrons. The van der Waals surface area contributed by atoms with Crippen molar-refractivity contribution in [3.05, 3.63) is 47.7 Å². The summed E-state index contributed by atoms with van der Waals surface area (Å²) in [5, 5.41) is 0. The topological polar surface area (TPSA) is 65.5 Å². The van der Waals surface area contributed by atoms with Gasteiger partial charge in [0.05, 0.1) is 12.2 Å². The van der Waals surface area contributed by atoms with Crippen LogP contribution in [0.1, 0.15) is 41.0 Å². The number of carbonyl (C=O) groups is 1. The lowest BCUT2D eigenvalue weighted by Gasteiger charge is -2.43. The number of carbonyl (C=O) groups excluding carboxylic acids is 1. The molecule has 0 aromatic carbocycles. The van der Waals surface area contributed by atoms with Crippen LogP contribution in [-0.2, 0) is 13.0 Å². The molecule has 0 N–H and O–H groups in total. The number of hydrogen-bond acceptors (Lipinski definition) is 6. The van der Waals surface area contributed by atoms with Crippen LogP contribution in [0.5, 0.6) is 0 Å². The van der Waals surface area contributed by atoms with Crippen LogP contribution < -0.4 is 4.90 Å². The van der Waals surface area contributed by atoms with E-state index in [9.17, 15) is 4.79 Å². The van der Waals surface area contributed by atoms with Crippen LogP contribution in [0.3, 0.4) is 0 Å². The van der Waals surface area contributed by atoms with Crippen LogP contribution in [0.15, 0.2) is 30.7 Å². The van der Waals surface area contributed by atoms with Crippen molar-refractivity contribution in [2.45, 2.75) is 38.3 Å². The second kappa shape index (κ2) is 7.47. The Kier molecular flexibility index (Phi) is 4.68. The Morgan fingerprint density at radius 1 is 1.00 bits per heavy atom. The van der Waals surface area contributed by atoms with E-state index in [0.717, 1.165) is 50.2 Å². The van der Waals surface area contributed by atoms with E-state index in [1.807, 2.05) is 17.0 Å². The number of amides is 1. The summed E-state index contributed by atoms with van der Waals surface area (Å²) in [4.78, 5) is 33.0. The lowest BCUT2D eigenvalue weighted by molar-refractivity contribution is 0.0725. The van der Waals surface area contributed by atoms with Gasteiger partial charge in [0.1, 0.15) is 17.8 Å². The summed E-state index contributed by atoms with van der Waals surface area (Å²) in [6.45, 7) is 5.50. The van der Waals surface area contributed by atoms with Crippen molar-refractivity contribution in [2.24, 2.45) is 0 Å². The molecule has 2 fully saturated rings. The van der Waals surface area contributed by atoms with Gasteiger partial charge in [0, 0.05) is 50.5 Å². The van der Waals surface area contributed by atoms with Gasteiger partial charge >= 0.3 is 0 Å². The van der Waals surface area contributed by atoms with Gasteiger partial charge in [-0.1, -0.05) is 12.5 Å². The Morgan fingerprint density at radius 3 is 2.57 bits per heavy atom. The number of aromatic nitrogens is 3. The molecule has 1 saturated carbocycles. The zero-order valence-electron chi connectivity index (χ0n) is 16.1. The second-order valence-electron chi connectivity index (χ2n) is 7.92. The highest BCUT2D eigenvalue weighted by Crippen LogP contribution is 2.29. The monoisotopic (exact) mass is 378 g/mol. The summed E-state index contributed by atoms with van der Waals surface area (Å²) in [5.41, 5.74) is 2.68. The summed E-state index contributed by atoms with van der Waals surface area (Å²) < 4.78 is 0. The normalized spacial score (nSPS) is 20.6. The summed E-state index contributed by atoms with van der Waals surface area (Å²) in [7, 11) is 0. The maximum atomic E-state index is 12.7. The lowest BCUT2D eigenvalue weighted by atomic mass is 9.91. The first kappa shape index (κ1) is 17.6. The zero-order valence-corrected chi connectivity index (χ0v) is 16.1. The average molecular weight is 378 g/mol. The Hall–Kier alpha value is -2.54. The van der Waals surface area contributed by atoms with Crippen molar-refractivity contribution in [3.8, 4) is 0 Å². The second-order valence-corrected chi connectivity index (χ2v) is 7.92. The minimum atomic E-state index is -0.0273. The van der Waals surface area contributed by atoms with E-state index in [-0.39, 0.29) is 5.91 Å². The van der Waals surface area contributed by atoms with Crippen LogP contribution >= 0.6 is 0 Å². The van der Waals surface area contributed by atoms with E-state index in [4.69, 9.17) is 0 Å². The summed E-state index contributed by atoms with van der Waals surface area (Å²) in [6.07, 6.45) is 8.23. The molecule has 1 amide bonds. The molecule has 7 heteroatoms. The van der Waals surface area contributed by atoms with E-state index in [1.54, 1.807) is 18.6 Å². The van der Waals surface area contributed by atoms with Crippen LogP contribution in [-0.4, -0.2) is 69.4 Å². The van der Waals surface area contributed by atoms with E-state index in [2.05, 4.69) is 24.8 Å². The predicted octanol–water partition coefficient (Wildman–Crippen LogP) is 1.74. The van der Waals surface area contributed by atoms with Crippen LogP contribution in [0, 0.1) is 0 Å². The number of rotatable bonds is 3. The Bertz CT molecular complexity index is 845. The standard InChI is InChI=1S/C21H26N6O/c28-21(18-6-1-2-8-22-18)27-9-7-17-19(14-27)23-15-24-20(17)26-12-10-25(11-13-26)16-4-3-5-16/h1-2,6,8,15-16H,3-5,7,9-14H2. The first-order valence-corrected chi connectivity index (χ1v) is 10.3. The molecule has 0 bridgehead atoms. The Balaban J connectivity index is 1.29. The Labute approximate surface area is 165 Å². The van der Waals surface area contributed by atoms with Crippen molar-refractivity contribution >= 4 is 11.7 Å². The number of anilines is 1. The Morgan fingerprint density at radius 2 is 1.86 bits per heavy atom. The third-order valence-corrected chi connectivity index (χ3v) is 6.36. The number of hydrogen-bond donors (Lipinski definition) is 0. The number of nitrogens with zero attached hydrogens (tertiary/aromatic N) is 6. The first-order chi connectivity index (χ1) is 13.8. The summed E-state index contributed by atoms with van der Waals surface area (Å²) in [6, 6.07) is 6.26. The van der Waals surface area contributed by atoms with Crippen molar-refractivity contribution < 1.29 is 4.79 Å². The predicted molar refractivity (Wildman–Crippen MR) is 106 cm³/mol. The fourth-order valence-electron chi connectivity index (χ4n) is 4.48. The molecule has 7 nitrogen and oxygen atoms in total. The molecule has 2 aliphatic heterocycles. The maximum Gasteiger partial charge on any atom is 0.272 e. The van der Waals surface area contributed by atoms with E-state index < -0.39 is 0 Å². The smallest absolute Gasteiger partial charge is 0.272 e. The molecular formula is C21H26N6O. The molecule has 4 heterocycles. The van der Waals surface area contributed by atoms with Crippen LogP contribution in [0.25, 0.3) is 0 Å². The third kappa shape index (κ3) is 3.24. The molecular weight excluding hydrogens is 352 g/mol. The van der Waals surface area contributed by atoms with Crippen molar-refractivity contribution in [2.75, 3.05) is 37.6 Å². The van der Waals surface area contributed by atoms with E-state index in [1.165, 1.54) is 24.8 Å². The molecule has 0 radical (unpaired) electrons. The average Bonchev–Trinajstić information content (AvgIpc) is 2.72. The minimum absolute atomic E-state index is 0.0273. The third-order valence-electron chi connectivity index (χ3n) is 6.36. The van der Waals surface area contributed by atoms with Crippen molar-refractivity contribution in [1.82, 2.24) is 24.8 Å². The van der Waals surface area contributed by atoms with Gasteiger partial charge in [-0.2, -0.15) is 0 Å². The summed E-state index contributed by atoms with van der Waals surface area (Å²) >= 11 is 0. The van der Waals surface area contributed by atoms with Gasteiger partial charge in [-0.05, 0) is 31.4 Å². The van der Waals surface area contributed by atoms with E-state index in [0.29, 0.717) is 18.8 Å². The summed E-state index contributed by atoms with van der Waals surface area (Å²) in [5.74, 6) is 1.05. The fraction of sp³-hybridized carbons (Fsp3) is 0.524. The number of fused-ring (bicyclic) bond motifs is 1. The molecule has 2 aromatic heterocycles. The van der Waals surface area contributed by atoms with Crippen molar-refractivity contribution in [1.29, 1.82) is 0 Å². The maximum absolute atomic E-state index is 12.7. The highest BCUT2D eigenvalue weighted by Gasteiger charge is 2.31. The molecule has 1 saturated heterocycles. The van der Waals surface area contributed by atoms with Crippen LogP contribution in [0.4, 0.5) is 5.82 Å². The molecule has 0 unspecified atom stereocenters. The fourth-order valence-corrected chi connectivity index (χ4v) is 4.48. The first-order valence-electron chi connectivity index (χ1n) is 10.3. The minimum Gasteiger partial charge on any atom is -0.354 e. The number of piperazine rings is 1. The van der Waals surface area contributed by atoms with Crippen LogP contribution in [0.2, 0.25) is 0 Å². The van der Waals surface area contributed by atoms with Gasteiger partial charge < -0.3 is 9.80 Å².